The number of hydrogen-bond donors (Lipinski definition) is 0. The maximum atomic E-state index is 11.5. The fourth-order valence-corrected chi connectivity index (χ4v) is 2.78. The molecular weight excluding hydrogens is 321 g/mol. The molecule has 104 valence electrons. The Morgan fingerprint density at radius 2 is 2.05 bits per heavy atom. The fourth-order valence-electron chi connectivity index (χ4n) is 1.23. The molecule has 0 aliphatic carbocycles. The maximum Gasteiger partial charge on any atom is 0.338 e. The van der Waals surface area contributed by atoms with E-state index in [0.29, 0.717) is 0 Å². The van der Waals surface area contributed by atoms with E-state index in [0.717, 1.165) is 12.1 Å². The third-order valence-electron chi connectivity index (χ3n) is 1.99. The highest BCUT2D eigenvalue weighted by Crippen LogP contribution is 2.34. The van der Waals surface area contributed by atoms with Crippen LogP contribution in [0.4, 0.5) is 5.69 Å². The zero-order chi connectivity index (χ0) is 14.8. The van der Waals surface area contributed by atoms with Crippen LogP contribution in [0, 0.1) is 10.1 Å². The Kier molecular flexibility index (Phi) is 4.72. The molecule has 0 fully saturated rings. The van der Waals surface area contributed by atoms with Gasteiger partial charge in [0.1, 0.15) is 9.92 Å². The molecule has 1 aromatic carbocycles. The smallest absolute Gasteiger partial charge is 0.338 e. The van der Waals surface area contributed by atoms with Gasteiger partial charge in [0.05, 0.1) is 17.1 Å². The van der Waals surface area contributed by atoms with E-state index in [2.05, 4.69) is 4.74 Å². The summed E-state index contributed by atoms with van der Waals surface area (Å²) >= 11 is 5.58. The summed E-state index contributed by atoms with van der Waals surface area (Å²) in [5, 5.41) is 10.1. The second-order valence-corrected chi connectivity index (χ2v) is 6.14. The van der Waals surface area contributed by atoms with Gasteiger partial charge in [-0.15, -0.1) is 0 Å². The van der Waals surface area contributed by atoms with Gasteiger partial charge in [0.2, 0.25) is 0 Å². The predicted octanol–water partition coefficient (Wildman–Crippen LogP) is 2.35. The molecule has 0 aliphatic rings. The molecule has 0 saturated heterocycles. The van der Waals surface area contributed by atoms with E-state index in [1.54, 1.807) is 0 Å². The van der Waals surface area contributed by atoms with Gasteiger partial charge in [0.15, 0.2) is 0 Å². The van der Waals surface area contributed by atoms with Crippen LogP contribution in [0.15, 0.2) is 17.0 Å². The van der Waals surface area contributed by atoms with Crippen LogP contribution in [0.1, 0.15) is 17.3 Å². The largest absolute Gasteiger partial charge is 0.462 e. The zero-order valence-corrected chi connectivity index (χ0v) is 11.8. The van der Waals surface area contributed by atoms with Crippen molar-refractivity contribution < 1.29 is 22.9 Å². The van der Waals surface area contributed by atoms with Crippen LogP contribution in [-0.2, 0) is 13.8 Å². The number of rotatable bonds is 4. The molecule has 0 amide bonds. The van der Waals surface area contributed by atoms with E-state index < -0.39 is 35.5 Å². The minimum absolute atomic E-state index is 0.0260. The number of carbonyl (C=O) groups is 1. The lowest BCUT2D eigenvalue weighted by atomic mass is 10.2. The number of esters is 1. The molecule has 0 heterocycles. The predicted molar refractivity (Wildman–Crippen MR) is 67.1 cm³/mol. The normalized spacial score (nSPS) is 11.1. The van der Waals surface area contributed by atoms with Gasteiger partial charge in [0.25, 0.3) is 14.7 Å². The van der Waals surface area contributed by atoms with Crippen LogP contribution in [0.3, 0.4) is 0 Å². The number of nitro groups is 1. The highest BCUT2D eigenvalue weighted by Gasteiger charge is 2.27. The number of halogens is 2. The number of nitrogens with zero attached hydrogens (tertiary/aromatic N) is 1. The van der Waals surface area contributed by atoms with Gasteiger partial charge >= 0.3 is 5.97 Å². The SMILES string of the molecule is CCOC(=O)c1cc([N+](=O)[O-])c(Cl)c(S(=O)(=O)Cl)c1. The van der Waals surface area contributed by atoms with Crippen LogP contribution in [0.2, 0.25) is 5.02 Å². The number of carbonyl (C=O) groups excluding carboxylic acids is 1. The Hall–Kier alpha value is -1.38. The topological polar surface area (TPSA) is 104 Å². The van der Waals surface area contributed by atoms with Crippen molar-refractivity contribution in [2.24, 2.45) is 0 Å². The molecule has 19 heavy (non-hydrogen) atoms. The van der Waals surface area contributed by atoms with Crippen LogP contribution >= 0.6 is 22.3 Å². The maximum absolute atomic E-state index is 11.5. The van der Waals surface area contributed by atoms with Crippen molar-refractivity contribution in [3.63, 3.8) is 0 Å². The van der Waals surface area contributed by atoms with E-state index >= 15 is 0 Å². The van der Waals surface area contributed by atoms with Gasteiger partial charge in [-0.3, -0.25) is 10.1 Å². The Labute approximate surface area is 117 Å². The zero-order valence-electron chi connectivity index (χ0n) is 9.42. The second-order valence-electron chi connectivity index (χ2n) is 3.22. The van der Waals surface area contributed by atoms with Crippen molar-refractivity contribution in [1.29, 1.82) is 0 Å². The highest BCUT2D eigenvalue weighted by molar-refractivity contribution is 8.13. The quantitative estimate of drug-likeness (QED) is 0.364. The summed E-state index contributed by atoms with van der Waals surface area (Å²) in [6, 6.07) is 1.65. The second kappa shape index (κ2) is 5.72. The number of hydrogen-bond acceptors (Lipinski definition) is 6. The molecular formula is C9H7Cl2NO6S. The standard InChI is InChI=1S/C9H7Cl2NO6S/c1-2-18-9(13)5-3-6(12(14)15)8(10)7(4-5)19(11,16)17/h3-4H,2H2,1H3. The Bertz CT molecular complexity index is 642. The van der Waals surface area contributed by atoms with Gasteiger partial charge in [-0.05, 0) is 13.0 Å². The first kappa shape index (κ1) is 15.7. The Morgan fingerprint density at radius 1 is 1.47 bits per heavy atom. The molecule has 0 aliphatic heterocycles. The third kappa shape index (κ3) is 3.55. The molecule has 0 aromatic heterocycles. The van der Waals surface area contributed by atoms with E-state index in [-0.39, 0.29) is 12.2 Å². The molecule has 1 aromatic rings. The van der Waals surface area contributed by atoms with Gasteiger partial charge in [-0.25, -0.2) is 13.2 Å². The van der Waals surface area contributed by atoms with Gasteiger partial charge in [-0.2, -0.15) is 0 Å². The summed E-state index contributed by atoms with van der Waals surface area (Å²) in [6.07, 6.45) is 0. The number of nitro benzene ring substituents is 1. The van der Waals surface area contributed by atoms with E-state index in [9.17, 15) is 23.3 Å². The number of ether oxygens (including phenoxy) is 1. The van der Waals surface area contributed by atoms with Crippen LogP contribution < -0.4 is 0 Å². The highest BCUT2D eigenvalue weighted by atomic mass is 35.7. The summed E-state index contributed by atoms with van der Waals surface area (Å²) < 4.78 is 27.2. The molecule has 10 heteroatoms. The van der Waals surface area contributed by atoms with Crippen molar-refractivity contribution >= 4 is 43.0 Å². The van der Waals surface area contributed by atoms with Crippen molar-refractivity contribution in [3.05, 3.63) is 32.8 Å². The average Bonchev–Trinajstić information content (AvgIpc) is 2.27. The van der Waals surface area contributed by atoms with Gasteiger partial charge < -0.3 is 4.74 Å². The summed E-state index contributed by atoms with van der Waals surface area (Å²) in [7, 11) is 0.775. The first-order valence-electron chi connectivity index (χ1n) is 4.78. The molecule has 0 radical (unpaired) electrons. The molecule has 0 spiro atoms. The molecule has 0 bridgehead atoms. The van der Waals surface area contributed by atoms with E-state index in [4.69, 9.17) is 22.3 Å². The van der Waals surface area contributed by atoms with Crippen molar-refractivity contribution in [2.75, 3.05) is 6.61 Å². The fraction of sp³-hybridized carbons (Fsp3) is 0.222. The van der Waals surface area contributed by atoms with Crippen LogP contribution in [0.5, 0.6) is 0 Å². The third-order valence-corrected chi connectivity index (χ3v) is 3.85. The lowest BCUT2D eigenvalue weighted by Crippen LogP contribution is -2.07. The molecule has 0 N–H and O–H groups in total. The lowest BCUT2D eigenvalue weighted by molar-refractivity contribution is -0.384. The van der Waals surface area contributed by atoms with Crippen LogP contribution in [0.25, 0.3) is 0 Å². The summed E-state index contributed by atoms with van der Waals surface area (Å²) in [4.78, 5) is 20.6. The Morgan fingerprint density at radius 3 is 2.47 bits per heavy atom. The summed E-state index contributed by atoms with van der Waals surface area (Å²) in [5.41, 5.74) is -1.07. The van der Waals surface area contributed by atoms with E-state index in [1.807, 2.05) is 0 Å². The first-order valence-corrected chi connectivity index (χ1v) is 7.47. The van der Waals surface area contributed by atoms with Crippen molar-refractivity contribution in [2.45, 2.75) is 11.8 Å². The summed E-state index contributed by atoms with van der Waals surface area (Å²) in [5.74, 6) is -0.913. The minimum atomic E-state index is -4.33. The van der Waals surface area contributed by atoms with E-state index in [1.165, 1.54) is 6.92 Å². The average molecular weight is 328 g/mol. The lowest BCUT2D eigenvalue weighted by Gasteiger charge is -2.06. The van der Waals surface area contributed by atoms with Gasteiger partial charge in [-0.1, -0.05) is 11.6 Å². The Balaban J connectivity index is 3.58. The molecule has 0 unspecified atom stereocenters. The molecule has 7 nitrogen and oxygen atoms in total. The monoisotopic (exact) mass is 327 g/mol. The van der Waals surface area contributed by atoms with Crippen molar-refractivity contribution in [1.82, 2.24) is 0 Å². The molecule has 0 atom stereocenters. The minimum Gasteiger partial charge on any atom is -0.462 e. The van der Waals surface area contributed by atoms with Gasteiger partial charge in [0, 0.05) is 16.7 Å². The van der Waals surface area contributed by atoms with Crippen LogP contribution in [-0.4, -0.2) is 25.9 Å². The first-order chi connectivity index (χ1) is 8.68. The molecule has 1 rings (SSSR count). The summed E-state index contributed by atoms with van der Waals surface area (Å²) in [6.45, 7) is 1.56. The number of benzene rings is 1. The molecule has 0 saturated carbocycles. The van der Waals surface area contributed by atoms with Crippen molar-refractivity contribution in [3.8, 4) is 0 Å².